The third-order valence-electron chi connectivity index (χ3n) is 6.60. The van der Waals surface area contributed by atoms with E-state index in [1.165, 1.54) is 0 Å². The Morgan fingerprint density at radius 1 is 1.03 bits per heavy atom. The number of carboxylic acids is 1. The van der Waals surface area contributed by atoms with E-state index >= 15 is 0 Å². The predicted octanol–water partition coefficient (Wildman–Crippen LogP) is 4.43. The number of nitrogens with zero attached hydrogens (tertiary/aromatic N) is 1. The number of piperidine rings is 1. The Morgan fingerprint density at radius 3 is 2.39 bits per heavy atom. The van der Waals surface area contributed by atoms with Crippen molar-refractivity contribution in [2.75, 3.05) is 23.7 Å². The highest BCUT2D eigenvalue weighted by molar-refractivity contribution is 6.00. The molecule has 9 nitrogen and oxygen atoms in total. The maximum absolute atomic E-state index is 13.3. The van der Waals surface area contributed by atoms with Gasteiger partial charge in [0.25, 0.3) is 0 Å². The summed E-state index contributed by atoms with van der Waals surface area (Å²) in [5.41, 5.74) is 3.03. The Balaban J connectivity index is 1.55. The lowest BCUT2D eigenvalue weighted by Gasteiger charge is -2.35. The van der Waals surface area contributed by atoms with E-state index in [9.17, 15) is 19.2 Å². The molecule has 1 aliphatic heterocycles. The number of hydrogen-bond donors (Lipinski definition) is 4. The van der Waals surface area contributed by atoms with Crippen molar-refractivity contribution in [3.63, 3.8) is 0 Å². The number of aliphatic carboxylic acids is 1. The highest BCUT2D eigenvalue weighted by Crippen LogP contribution is 2.21. The average molecular weight is 523 g/mol. The summed E-state index contributed by atoms with van der Waals surface area (Å²) in [4.78, 5) is 51.3. The van der Waals surface area contributed by atoms with Crippen molar-refractivity contribution in [1.29, 1.82) is 0 Å². The predicted molar refractivity (Wildman–Crippen MR) is 147 cm³/mol. The van der Waals surface area contributed by atoms with Crippen LogP contribution in [0, 0.1) is 18.8 Å². The van der Waals surface area contributed by atoms with Crippen molar-refractivity contribution < 1.29 is 24.3 Å². The van der Waals surface area contributed by atoms with Gasteiger partial charge in [0, 0.05) is 30.9 Å². The minimum Gasteiger partial charge on any atom is -0.481 e. The molecule has 0 saturated carbocycles. The van der Waals surface area contributed by atoms with E-state index in [-0.39, 0.29) is 42.5 Å². The van der Waals surface area contributed by atoms with Crippen LogP contribution in [0.15, 0.2) is 48.5 Å². The Hall–Kier alpha value is -3.88. The summed E-state index contributed by atoms with van der Waals surface area (Å²) in [6.45, 7) is 6.89. The molecule has 0 aromatic heterocycles. The first-order valence-corrected chi connectivity index (χ1v) is 13.1. The van der Waals surface area contributed by atoms with Gasteiger partial charge in [0.15, 0.2) is 0 Å². The van der Waals surface area contributed by atoms with Gasteiger partial charge in [-0.1, -0.05) is 44.2 Å². The maximum atomic E-state index is 13.3. The number of urea groups is 1. The molecule has 2 aromatic rings. The molecule has 3 rings (SSSR count). The van der Waals surface area contributed by atoms with E-state index in [0.29, 0.717) is 25.2 Å². The van der Waals surface area contributed by atoms with Crippen LogP contribution in [0.1, 0.15) is 50.7 Å². The molecule has 1 fully saturated rings. The molecule has 1 aliphatic rings. The Bertz CT molecular complexity index is 1130. The quantitative estimate of drug-likeness (QED) is 0.367. The number of likely N-dealkylation sites (tertiary alicyclic amines) is 1. The summed E-state index contributed by atoms with van der Waals surface area (Å²) < 4.78 is 0. The van der Waals surface area contributed by atoms with Crippen molar-refractivity contribution in [2.45, 2.75) is 58.9 Å². The Labute approximate surface area is 224 Å². The average Bonchev–Trinajstić information content (AvgIpc) is 2.85. The minimum absolute atomic E-state index is 0.0450. The summed E-state index contributed by atoms with van der Waals surface area (Å²) in [7, 11) is 0. The van der Waals surface area contributed by atoms with Gasteiger partial charge in [-0.15, -0.1) is 0 Å². The van der Waals surface area contributed by atoms with Crippen LogP contribution in [0.4, 0.5) is 16.2 Å². The van der Waals surface area contributed by atoms with Gasteiger partial charge in [0.1, 0.15) is 6.04 Å². The number of amides is 4. The van der Waals surface area contributed by atoms with Crippen molar-refractivity contribution >= 4 is 35.2 Å². The van der Waals surface area contributed by atoms with Crippen molar-refractivity contribution in [3.8, 4) is 0 Å². The third-order valence-corrected chi connectivity index (χ3v) is 6.60. The van der Waals surface area contributed by atoms with Gasteiger partial charge < -0.3 is 26.0 Å². The number of carbonyl (C=O) groups is 4. The van der Waals surface area contributed by atoms with Gasteiger partial charge in [-0.3, -0.25) is 14.4 Å². The Kier molecular flexibility index (Phi) is 10.3. The lowest BCUT2D eigenvalue weighted by atomic mass is 9.93. The molecule has 38 heavy (non-hydrogen) atoms. The van der Waals surface area contributed by atoms with Crippen molar-refractivity contribution in [2.24, 2.45) is 11.8 Å². The largest absolute Gasteiger partial charge is 0.481 e. The lowest BCUT2D eigenvalue weighted by Crippen LogP contribution is -2.52. The molecule has 9 heteroatoms. The van der Waals surface area contributed by atoms with Gasteiger partial charge in [-0.25, -0.2) is 4.79 Å². The van der Waals surface area contributed by atoms with Crippen LogP contribution in [0.3, 0.4) is 0 Å². The number of aryl methyl sites for hydroxylation is 1. The molecule has 2 aromatic carbocycles. The molecule has 0 radical (unpaired) electrons. The monoisotopic (exact) mass is 522 g/mol. The summed E-state index contributed by atoms with van der Waals surface area (Å²) >= 11 is 0. The topological polar surface area (TPSA) is 128 Å². The SMILES string of the molecule is Cc1ccccc1NC(=O)Nc1ccc(CC(=O)NC(CC(C)C)C(=O)N2CCC[C@H](CC(=O)O)C2)cc1. The van der Waals surface area contributed by atoms with Crippen molar-refractivity contribution in [1.82, 2.24) is 10.2 Å². The van der Waals surface area contributed by atoms with Crippen LogP contribution in [-0.4, -0.2) is 53.0 Å². The van der Waals surface area contributed by atoms with E-state index in [2.05, 4.69) is 16.0 Å². The fraction of sp³-hybridized carbons (Fsp3) is 0.448. The first-order chi connectivity index (χ1) is 18.1. The van der Waals surface area contributed by atoms with Crippen LogP contribution in [0.25, 0.3) is 0 Å². The number of rotatable bonds is 10. The molecule has 4 N–H and O–H groups in total. The molecule has 0 aliphatic carbocycles. The van der Waals surface area contributed by atoms with Gasteiger partial charge in [-0.2, -0.15) is 0 Å². The molecule has 0 bridgehead atoms. The molecule has 1 saturated heterocycles. The van der Waals surface area contributed by atoms with Crippen LogP contribution >= 0.6 is 0 Å². The number of nitrogens with one attached hydrogen (secondary N) is 3. The number of carboxylic acid groups (broad SMARTS) is 1. The molecular formula is C29H38N4O5. The van der Waals surface area contributed by atoms with E-state index in [1.807, 2.05) is 45.0 Å². The highest BCUT2D eigenvalue weighted by atomic mass is 16.4. The summed E-state index contributed by atoms with van der Waals surface area (Å²) in [5.74, 6) is -1.14. The second kappa shape index (κ2) is 13.6. The van der Waals surface area contributed by atoms with E-state index < -0.39 is 12.0 Å². The maximum Gasteiger partial charge on any atom is 0.323 e. The lowest BCUT2D eigenvalue weighted by molar-refractivity contribution is -0.142. The summed E-state index contributed by atoms with van der Waals surface area (Å²) in [6.07, 6.45) is 2.19. The third kappa shape index (κ3) is 8.90. The fourth-order valence-corrected chi connectivity index (χ4v) is 4.73. The van der Waals surface area contributed by atoms with Gasteiger partial charge >= 0.3 is 12.0 Å². The zero-order valence-electron chi connectivity index (χ0n) is 22.3. The van der Waals surface area contributed by atoms with E-state index in [0.717, 1.165) is 29.7 Å². The summed E-state index contributed by atoms with van der Waals surface area (Å²) in [6, 6.07) is 13.5. The Morgan fingerprint density at radius 2 is 1.74 bits per heavy atom. The number of carbonyl (C=O) groups excluding carboxylic acids is 3. The molecular weight excluding hydrogens is 484 g/mol. The highest BCUT2D eigenvalue weighted by Gasteiger charge is 2.31. The number of hydrogen-bond acceptors (Lipinski definition) is 4. The molecule has 2 atom stereocenters. The smallest absolute Gasteiger partial charge is 0.323 e. The van der Waals surface area contributed by atoms with Crippen LogP contribution in [-0.2, 0) is 20.8 Å². The second-order valence-corrected chi connectivity index (χ2v) is 10.4. The second-order valence-electron chi connectivity index (χ2n) is 10.4. The normalized spacial score (nSPS) is 16.0. The fourth-order valence-electron chi connectivity index (χ4n) is 4.73. The molecule has 0 spiro atoms. The van der Waals surface area contributed by atoms with Crippen LogP contribution in [0.5, 0.6) is 0 Å². The minimum atomic E-state index is -0.857. The summed E-state index contributed by atoms with van der Waals surface area (Å²) in [5, 5.41) is 17.6. The van der Waals surface area contributed by atoms with E-state index in [4.69, 9.17) is 5.11 Å². The van der Waals surface area contributed by atoms with Gasteiger partial charge in [0.2, 0.25) is 11.8 Å². The standard InChI is InChI=1S/C29H38N4O5/c1-19(2)15-25(28(37)33-14-6-8-22(18-33)17-27(35)36)31-26(34)16-21-10-12-23(13-11-21)30-29(38)32-24-9-5-4-7-20(24)3/h4-5,7,9-13,19,22,25H,6,8,14-18H2,1-3H3,(H,31,34)(H,35,36)(H2,30,32,38)/t22-,25?/m1/s1. The molecule has 4 amide bonds. The van der Waals surface area contributed by atoms with Gasteiger partial charge in [0.05, 0.1) is 6.42 Å². The van der Waals surface area contributed by atoms with Crippen molar-refractivity contribution in [3.05, 3.63) is 59.7 Å². The molecule has 1 unspecified atom stereocenters. The zero-order chi connectivity index (χ0) is 27.7. The van der Waals surface area contributed by atoms with E-state index in [1.54, 1.807) is 29.2 Å². The van der Waals surface area contributed by atoms with Gasteiger partial charge in [-0.05, 0) is 67.3 Å². The first kappa shape index (κ1) is 28.7. The van der Waals surface area contributed by atoms with Crippen LogP contribution in [0.2, 0.25) is 0 Å². The number of anilines is 2. The van der Waals surface area contributed by atoms with Crippen LogP contribution < -0.4 is 16.0 Å². The first-order valence-electron chi connectivity index (χ1n) is 13.1. The zero-order valence-corrected chi connectivity index (χ0v) is 22.3. The number of benzene rings is 2. The number of para-hydroxylation sites is 1. The molecule has 204 valence electrons. The molecule has 1 heterocycles.